The van der Waals surface area contributed by atoms with Crippen LogP contribution >= 0.6 is 0 Å². The highest BCUT2D eigenvalue weighted by atomic mass is 16.7. The average Bonchev–Trinajstić information content (AvgIpc) is 3.46. The molecule has 1 aliphatic rings. The van der Waals surface area contributed by atoms with E-state index in [0.717, 1.165) is 38.5 Å². The number of alkyl carbamates (subject to hydrolysis) is 1. The molecule has 0 radical (unpaired) electrons. The number of nitrogens with zero attached hydrogens (tertiary/aromatic N) is 1. The predicted molar refractivity (Wildman–Crippen MR) is 309 cm³/mol. The molecule has 2 rings (SSSR count). The molecule has 0 spiro atoms. The lowest BCUT2D eigenvalue weighted by Gasteiger charge is -2.42. The normalized spacial score (nSPS) is 19.9. The van der Waals surface area contributed by atoms with Crippen LogP contribution in [0.4, 0.5) is 4.79 Å². The van der Waals surface area contributed by atoms with Crippen molar-refractivity contribution < 1.29 is 78.9 Å². The SMILES string of the molecule is CCCCCCCCCCCCCCCCCCC(=O)OC[C@@](C)(COC(=O)NCCCCCCCCCCCCCCCCC)/[N+]([O-])=C/c1ccc(CNC(=O)C(O)[C@H](O)[C@H](O[C@@H]2OC(CO)[C@H](O)[C@H](O)C2O)C(O)CO)cc1. The molecule has 0 aliphatic carbocycles. The lowest BCUT2D eigenvalue weighted by atomic mass is 9.98. The predicted octanol–water partition coefficient (Wildman–Crippen LogP) is 8.04. The van der Waals surface area contributed by atoms with Gasteiger partial charge in [0.05, 0.1) is 13.2 Å². The number of ether oxygens (including phenoxy) is 4. The Morgan fingerprint density at radius 3 is 1.55 bits per heavy atom. The minimum absolute atomic E-state index is 0.180. The van der Waals surface area contributed by atoms with E-state index in [2.05, 4.69) is 24.5 Å². The third-order valence-corrected chi connectivity index (χ3v) is 15.2. The minimum atomic E-state index is -2.26. The second kappa shape index (κ2) is 45.0. The van der Waals surface area contributed by atoms with Crippen molar-refractivity contribution in [2.45, 2.75) is 293 Å². The molecular formula is C61H109N3O16. The van der Waals surface area contributed by atoms with Gasteiger partial charge in [0.2, 0.25) is 5.54 Å². The number of aliphatic hydroxyl groups is 8. The third-order valence-electron chi connectivity index (χ3n) is 15.2. The zero-order valence-corrected chi connectivity index (χ0v) is 49.2. The number of benzene rings is 1. The van der Waals surface area contributed by atoms with Gasteiger partial charge in [0.15, 0.2) is 31.8 Å². The molecule has 1 aromatic rings. The second-order valence-electron chi connectivity index (χ2n) is 22.6. The molecule has 80 heavy (non-hydrogen) atoms. The van der Waals surface area contributed by atoms with Gasteiger partial charge in [-0.05, 0) is 30.5 Å². The standard InChI is InChI=1S/C61H109N3O16/c1-4-6-8-10-12-14-16-18-20-21-23-25-27-29-31-33-35-51(68)77-45-61(3,46-78-60(75)62-40-34-32-30-28-26-24-22-19-17-15-13-11-9-7-5-2)64(76)42-48-38-36-47(37-39-48)41-63-58(74)55(72)54(71)57(49(67)43-65)80-59-56(73)53(70)52(69)50(44-66)79-59/h36-39,42,49-50,52-57,59,65-67,69-73H,4-35,40-41,43-46H2,1-3H3,(H,62,75)(H,63,74)/b64-42-/t49?,50?,52-,53-,54-,55?,56?,57+,59-,61-/m0/s1. The van der Waals surface area contributed by atoms with Crippen LogP contribution in [-0.4, -0.2) is 163 Å². The number of nitrogens with one attached hydrogen (secondary N) is 2. The molecule has 1 heterocycles. The highest BCUT2D eigenvalue weighted by molar-refractivity contribution is 5.81. The Labute approximate surface area is 479 Å². The van der Waals surface area contributed by atoms with Crippen LogP contribution in [0, 0.1) is 5.21 Å². The zero-order valence-electron chi connectivity index (χ0n) is 49.2. The van der Waals surface area contributed by atoms with Crippen molar-refractivity contribution in [3.63, 3.8) is 0 Å². The van der Waals surface area contributed by atoms with Gasteiger partial charge in [-0.25, -0.2) is 4.79 Å². The first-order valence-corrected chi connectivity index (χ1v) is 31.0. The van der Waals surface area contributed by atoms with Crippen molar-refractivity contribution in [3.05, 3.63) is 40.6 Å². The number of rotatable bonds is 49. The summed E-state index contributed by atoms with van der Waals surface area (Å²) >= 11 is 0. The van der Waals surface area contributed by atoms with Crippen LogP contribution < -0.4 is 10.6 Å². The summed E-state index contributed by atoms with van der Waals surface area (Å²) in [5.41, 5.74) is -0.590. The van der Waals surface area contributed by atoms with Gasteiger partial charge in [-0.2, -0.15) is 4.74 Å². The quantitative estimate of drug-likeness (QED) is 0.00737. The van der Waals surface area contributed by atoms with E-state index in [1.54, 1.807) is 31.2 Å². The fourth-order valence-electron chi connectivity index (χ4n) is 9.73. The van der Waals surface area contributed by atoms with E-state index in [-0.39, 0.29) is 26.2 Å². The highest BCUT2D eigenvalue weighted by Crippen LogP contribution is 2.26. The summed E-state index contributed by atoms with van der Waals surface area (Å²) in [4.78, 5) is 38.8. The first kappa shape index (κ1) is 72.6. The minimum Gasteiger partial charge on any atom is -0.623 e. The van der Waals surface area contributed by atoms with Gasteiger partial charge in [-0.1, -0.05) is 212 Å². The molecule has 10 atom stereocenters. The number of unbranched alkanes of at least 4 members (excludes halogenated alkanes) is 29. The number of amides is 2. The fourth-order valence-corrected chi connectivity index (χ4v) is 9.73. The van der Waals surface area contributed by atoms with Gasteiger partial charge in [0.25, 0.3) is 5.91 Å². The maximum absolute atomic E-state index is 13.9. The first-order valence-electron chi connectivity index (χ1n) is 31.0. The van der Waals surface area contributed by atoms with E-state index in [1.165, 1.54) is 160 Å². The van der Waals surface area contributed by atoms with Crippen LogP contribution in [0.5, 0.6) is 0 Å². The topological polar surface area (TPSA) is 300 Å². The van der Waals surface area contributed by atoms with Gasteiger partial charge in [0, 0.05) is 32.0 Å². The van der Waals surface area contributed by atoms with Crippen molar-refractivity contribution in [3.8, 4) is 0 Å². The molecule has 1 aromatic carbocycles. The molecular weight excluding hydrogens is 1030 g/mol. The molecule has 1 saturated heterocycles. The largest absolute Gasteiger partial charge is 0.623 e. The monoisotopic (exact) mass is 1140 g/mol. The molecule has 19 nitrogen and oxygen atoms in total. The Bertz CT molecular complexity index is 1710. The Morgan fingerprint density at radius 1 is 0.637 bits per heavy atom. The maximum atomic E-state index is 13.9. The molecule has 0 bridgehead atoms. The van der Waals surface area contributed by atoms with Gasteiger partial charge >= 0.3 is 12.1 Å². The van der Waals surface area contributed by atoms with E-state index >= 15 is 0 Å². The van der Waals surface area contributed by atoms with Crippen molar-refractivity contribution in [2.75, 3.05) is 33.0 Å². The van der Waals surface area contributed by atoms with Crippen molar-refractivity contribution in [1.29, 1.82) is 0 Å². The number of hydrogen-bond donors (Lipinski definition) is 10. The van der Waals surface area contributed by atoms with E-state index in [0.29, 0.717) is 28.8 Å². The molecule has 464 valence electrons. The summed E-state index contributed by atoms with van der Waals surface area (Å²) < 4.78 is 22.4. The number of carbonyl (C=O) groups excluding carboxylic acids is 3. The lowest BCUT2D eigenvalue weighted by molar-refractivity contribution is -0.548. The summed E-state index contributed by atoms with van der Waals surface area (Å²) in [6.45, 7) is 3.73. The van der Waals surface area contributed by atoms with Crippen molar-refractivity contribution in [2.24, 2.45) is 0 Å². The Hall–Kier alpha value is -3.50. The van der Waals surface area contributed by atoms with Crippen molar-refractivity contribution in [1.82, 2.24) is 10.6 Å². The summed E-state index contributed by atoms with van der Waals surface area (Å²) in [5.74, 6) is -1.57. The Kier molecular flexibility index (Phi) is 40.8. The van der Waals surface area contributed by atoms with E-state index in [1.807, 2.05) is 0 Å². The summed E-state index contributed by atoms with van der Waals surface area (Å²) in [7, 11) is 0. The molecule has 1 aliphatic heterocycles. The molecule has 2 amide bonds. The van der Waals surface area contributed by atoms with Gasteiger partial charge in [-0.3, -0.25) is 9.59 Å². The third kappa shape index (κ3) is 31.2. The Balaban J connectivity index is 1.93. The maximum Gasteiger partial charge on any atom is 0.407 e. The van der Waals surface area contributed by atoms with Crippen LogP contribution in [0.3, 0.4) is 0 Å². The van der Waals surface area contributed by atoms with Gasteiger partial charge < -0.3 is 75.6 Å². The van der Waals surface area contributed by atoms with Gasteiger partial charge in [-0.15, -0.1) is 0 Å². The fraction of sp³-hybridized carbons (Fsp3) is 0.836. The number of aliphatic hydroxyl groups excluding tert-OH is 8. The van der Waals surface area contributed by atoms with E-state index < -0.39 is 91.8 Å². The van der Waals surface area contributed by atoms with Crippen LogP contribution in [0.15, 0.2) is 24.3 Å². The molecule has 0 saturated carbocycles. The average molecular weight is 1140 g/mol. The highest BCUT2D eigenvalue weighted by Gasteiger charge is 2.47. The lowest BCUT2D eigenvalue weighted by Crippen LogP contribution is -2.62. The first-order chi connectivity index (χ1) is 38.6. The smallest absolute Gasteiger partial charge is 0.407 e. The number of hydroxylamine groups is 1. The van der Waals surface area contributed by atoms with Crippen LogP contribution in [-0.2, 0) is 35.1 Å². The molecule has 10 N–H and O–H groups in total. The zero-order chi connectivity index (χ0) is 58.8. The molecule has 1 fully saturated rings. The summed E-state index contributed by atoms with van der Waals surface area (Å²) in [5, 5.41) is 101. The van der Waals surface area contributed by atoms with Crippen LogP contribution in [0.1, 0.15) is 237 Å². The number of carbonyl (C=O) groups is 3. The second-order valence-corrected chi connectivity index (χ2v) is 22.6. The van der Waals surface area contributed by atoms with E-state index in [4.69, 9.17) is 18.9 Å². The summed E-state index contributed by atoms with van der Waals surface area (Å²) in [6.07, 6.45) is 21.6. The van der Waals surface area contributed by atoms with Gasteiger partial charge in [0.1, 0.15) is 42.7 Å². The number of esters is 1. The summed E-state index contributed by atoms with van der Waals surface area (Å²) in [6, 6.07) is 6.32. The van der Waals surface area contributed by atoms with Crippen LogP contribution in [0.25, 0.3) is 0 Å². The van der Waals surface area contributed by atoms with E-state index in [9.17, 15) is 60.4 Å². The molecule has 0 aromatic heterocycles. The number of hydrogen-bond acceptors (Lipinski definition) is 16. The Morgan fingerprint density at radius 2 is 1.09 bits per heavy atom. The molecule has 19 heteroatoms. The van der Waals surface area contributed by atoms with Crippen molar-refractivity contribution >= 4 is 24.2 Å². The van der Waals surface area contributed by atoms with Crippen LogP contribution in [0.2, 0.25) is 0 Å². The molecule has 4 unspecified atom stereocenters.